The van der Waals surface area contributed by atoms with Gasteiger partial charge in [-0.15, -0.1) is 24.0 Å². The minimum Gasteiger partial charge on any atom is -0.465 e. The smallest absolute Gasteiger partial charge is 0.341 e. The van der Waals surface area contributed by atoms with Crippen LogP contribution in [0.4, 0.5) is 0 Å². The van der Waals surface area contributed by atoms with Gasteiger partial charge in [0.25, 0.3) is 0 Å². The van der Waals surface area contributed by atoms with Gasteiger partial charge in [-0.1, -0.05) is 20.8 Å². The summed E-state index contributed by atoms with van der Waals surface area (Å²) in [5.41, 5.74) is 0.457. The number of methoxy groups -OCH3 is 2. The van der Waals surface area contributed by atoms with Crippen molar-refractivity contribution < 1.29 is 18.7 Å². The van der Waals surface area contributed by atoms with Crippen molar-refractivity contribution in [3.63, 3.8) is 0 Å². The fourth-order valence-electron chi connectivity index (χ4n) is 2.27. The van der Waals surface area contributed by atoms with E-state index in [9.17, 15) is 4.79 Å². The number of hydrogen-bond acceptors (Lipinski definition) is 5. The highest BCUT2D eigenvalue weighted by molar-refractivity contribution is 14.0. The molecule has 0 saturated carbocycles. The Morgan fingerprint density at radius 1 is 1.32 bits per heavy atom. The van der Waals surface area contributed by atoms with E-state index in [0.29, 0.717) is 36.1 Å². The van der Waals surface area contributed by atoms with Crippen LogP contribution in [0, 0.1) is 12.3 Å². The van der Waals surface area contributed by atoms with E-state index in [1.807, 2.05) is 0 Å². The highest BCUT2D eigenvalue weighted by Crippen LogP contribution is 2.21. The Hall–Kier alpha value is -1.29. The first-order chi connectivity index (χ1) is 11.2. The molecule has 0 radical (unpaired) electrons. The minimum atomic E-state index is -0.405. The van der Waals surface area contributed by atoms with Crippen LogP contribution in [0.2, 0.25) is 0 Å². The van der Waals surface area contributed by atoms with Crippen molar-refractivity contribution in [3.05, 3.63) is 23.2 Å². The van der Waals surface area contributed by atoms with Crippen LogP contribution in [-0.4, -0.2) is 45.8 Å². The molecule has 144 valence electrons. The zero-order chi connectivity index (χ0) is 18.3. The zero-order valence-electron chi connectivity index (χ0n) is 16.1. The molecule has 1 unspecified atom stereocenters. The summed E-state index contributed by atoms with van der Waals surface area (Å²) in [7, 11) is 4.75. The van der Waals surface area contributed by atoms with Crippen molar-refractivity contribution in [1.82, 2.24) is 10.6 Å². The van der Waals surface area contributed by atoms with Gasteiger partial charge in [0.05, 0.1) is 19.8 Å². The standard InChI is InChI=1S/C17H29N3O4.HI/c1-11-13(15(21)23-7)8-12(24-11)9-19-16(18-5)20-10-14(22-6)17(2,3)4;/h8,14H,9-10H2,1-7H3,(H2,18,19,20);1H. The first-order valence-electron chi connectivity index (χ1n) is 7.87. The number of hydrogen-bond donors (Lipinski definition) is 2. The van der Waals surface area contributed by atoms with Crippen LogP contribution in [0.25, 0.3) is 0 Å². The number of ether oxygens (including phenoxy) is 2. The second kappa shape index (κ2) is 10.6. The van der Waals surface area contributed by atoms with E-state index < -0.39 is 5.97 Å². The van der Waals surface area contributed by atoms with Crippen LogP contribution in [0.1, 0.15) is 42.6 Å². The third-order valence-corrected chi connectivity index (χ3v) is 3.73. The second-order valence-electron chi connectivity index (χ2n) is 6.57. The van der Waals surface area contributed by atoms with E-state index in [2.05, 4.69) is 36.4 Å². The van der Waals surface area contributed by atoms with Gasteiger partial charge in [0.15, 0.2) is 5.96 Å². The summed E-state index contributed by atoms with van der Waals surface area (Å²) in [5.74, 6) is 1.40. The molecule has 0 aromatic carbocycles. The number of nitrogens with zero attached hydrogens (tertiary/aromatic N) is 1. The highest BCUT2D eigenvalue weighted by Gasteiger charge is 2.24. The van der Waals surface area contributed by atoms with Crippen molar-refractivity contribution in [1.29, 1.82) is 0 Å². The molecule has 0 aliphatic rings. The summed E-state index contributed by atoms with van der Waals surface area (Å²) in [4.78, 5) is 15.8. The fourth-order valence-corrected chi connectivity index (χ4v) is 2.27. The largest absolute Gasteiger partial charge is 0.465 e. The summed E-state index contributed by atoms with van der Waals surface area (Å²) in [5, 5.41) is 6.38. The van der Waals surface area contributed by atoms with E-state index >= 15 is 0 Å². The molecule has 0 fully saturated rings. The lowest BCUT2D eigenvalue weighted by atomic mass is 9.89. The van der Waals surface area contributed by atoms with Crippen molar-refractivity contribution in [2.45, 2.75) is 40.3 Å². The number of aliphatic imine (C=N–C) groups is 1. The summed E-state index contributed by atoms with van der Waals surface area (Å²) >= 11 is 0. The molecule has 0 saturated heterocycles. The average Bonchev–Trinajstić information content (AvgIpc) is 2.89. The van der Waals surface area contributed by atoms with Gasteiger partial charge in [0.1, 0.15) is 17.1 Å². The van der Waals surface area contributed by atoms with E-state index in [1.54, 1.807) is 27.1 Å². The van der Waals surface area contributed by atoms with Crippen LogP contribution >= 0.6 is 24.0 Å². The van der Waals surface area contributed by atoms with Gasteiger partial charge in [-0.2, -0.15) is 0 Å². The third-order valence-electron chi connectivity index (χ3n) is 3.73. The van der Waals surface area contributed by atoms with Gasteiger partial charge in [0.2, 0.25) is 0 Å². The number of halogens is 1. The minimum absolute atomic E-state index is 0. The molecule has 8 heteroatoms. The number of aryl methyl sites for hydroxylation is 1. The lowest BCUT2D eigenvalue weighted by Gasteiger charge is -2.30. The average molecular weight is 467 g/mol. The molecule has 1 rings (SSSR count). The van der Waals surface area contributed by atoms with E-state index in [1.165, 1.54) is 7.11 Å². The molecule has 1 aromatic rings. The lowest BCUT2D eigenvalue weighted by Crippen LogP contribution is -2.45. The van der Waals surface area contributed by atoms with Crippen molar-refractivity contribution in [3.8, 4) is 0 Å². The second-order valence-corrected chi connectivity index (χ2v) is 6.57. The van der Waals surface area contributed by atoms with Gasteiger partial charge >= 0.3 is 5.97 Å². The Morgan fingerprint density at radius 2 is 1.96 bits per heavy atom. The molecular weight excluding hydrogens is 437 g/mol. The van der Waals surface area contributed by atoms with Crippen LogP contribution in [0.5, 0.6) is 0 Å². The van der Waals surface area contributed by atoms with Gasteiger partial charge in [-0.3, -0.25) is 4.99 Å². The molecule has 0 bridgehead atoms. The van der Waals surface area contributed by atoms with Crippen molar-refractivity contribution in [2.24, 2.45) is 10.4 Å². The topological polar surface area (TPSA) is 85.1 Å². The Bertz CT molecular complexity index is 579. The Kier molecular flexibility index (Phi) is 10.1. The molecule has 0 aliphatic heterocycles. The molecule has 25 heavy (non-hydrogen) atoms. The predicted molar refractivity (Wildman–Crippen MR) is 109 cm³/mol. The molecular formula is C17H30IN3O4. The van der Waals surface area contributed by atoms with E-state index in [4.69, 9.17) is 13.9 Å². The molecule has 7 nitrogen and oxygen atoms in total. The lowest BCUT2D eigenvalue weighted by molar-refractivity contribution is 0.0205. The number of carbonyl (C=O) groups is 1. The van der Waals surface area contributed by atoms with Crippen LogP contribution < -0.4 is 10.6 Å². The number of esters is 1. The molecule has 1 aromatic heterocycles. The monoisotopic (exact) mass is 467 g/mol. The van der Waals surface area contributed by atoms with Crippen molar-refractivity contribution >= 4 is 35.9 Å². The number of rotatable bonds is 6. The summed E-state index contributed by atoms with van der Waals surface area (Å²) < 4.78 is 15.8. The van der Waals surface area contributed by atoms with Gasteiger partial charge in [0, 0.05) is 20.7 Å². The quantitative estimate of drug-likeness (QED) is 0.290. The normalized spacial score (nSPS) is 13.0. The molecule has 0 spiro atoms. The Balaban J connectivity index is 0.00000576. The van der Waals surface area contributed by atoms with E-state index in [-0.39, 0.29) is 35.5 Å². The van der Waals surface area contributed by atoms with Gasteiger partial charge in [-0.25, -0.2) is 4.79 Å². The molecule has 1 atom stereocenters. The highest BCUT2D eigenvalue weighted by atomic mass is 127. The van der Waals surface area contributed by atoms with Gasteiger partial charge in [-0.05, 0) is 18.4 Å². The summed E-state index contributed by atoms with van der Waals surface area (Å²) in [6.07, 6.45) is 0.0489. The first-order valence-corrected chi connectivity index (χ1v) is 7.87. The SMILES string of the molecule is CN=C(NCc1cc(C(=O)OC)c(C)o1)NCC(OC)C(C)(C)C.I. The number of carbonyl (C=O) groups excluding carboxylic acids is 1. The molecule has 2 N–H and O–H groups in total. The molecule has 1 heterocycles. The van der Waals surface area contributed by atoms with Crippen LogP contribution in [0.15, 0.2) is 15.5 Å². The van der Waals surface area contributed by atoms with Gasteiger partial charge < -0.3 is 24.5 Å². The number of furan rings is 1. The van der Waals surface area contributed by atoms with E-state index in [0.717, 1.165) is 0 Å². The van der Waals surface area contributed by atoms with Crippen molar-refractivity contribution in [2.75, 3.05) is 27.8 Å². The molecule has 0 aliphatic carbocycles. The fraction of sp³-hybridized carbons (Fsp3) is 0.647. The van der Waals surface area contributed by atoms with Crippen LogP contribution in [0.3, 0.4) is 0 Å². The number of nitrogens with one attached hydrogen (secondary N) is 2. The Labute approximate surface area is 166 Å². The first kappa shape index (κ1) is 23.7. The predicted octanol–water partition coefficient (Wildman–Crippen LogP) is 2.72. The zero-order valence-corrected chi connectivity index (χ0v) is 18.4. The summed E-state index contributed by atoms with van der Waals surface area (Å²) in [6, 6.07) is 1.68. The maximum Gasteiger partial charge on any atom is 0.341 e. The van der Waals surface area contributed by atoms with Crippen LogP contribution in [-0.2, 0) is 16.0 Å². The number of guanidine groups is 1. The maximum absolute atomic E-state index is 11.6. The third kappa shape index (κ3) is 7.23. The Morgan fingerprint density at radius 3 is 2.44 bits per heavy atom. The summed E-state index contributed by atoms with van der Waals surface area (Å²) in [6.45, 7) is 9.14. The molecule has 0 amide bonds. The maximum atomic E-state index is 11.6.